The zero-order valence-corrected chi connectivity index (χ0v) is 33.8. The summed E-state index contributed by atoms with van der Waals surface area (Å²) in [6.45, 7) is 4.72. The van der Waals surface area contributed by atoms with Gasteiger partial charge in [-0.3, -0.25) is 0 Å². The summed E-state index contributed by atoms with van der Waals surface area (Å²) in [5.74, 6) is 2.56. The predicted molar refractivity (Wildman–Crippen MR) is 246 cm³/mol. The van der Waals surface area contributed by atoms with Gasteiger partial charge < -0.3 is 4.74 Å². The van der Waals surface area contributed by atoms with Crippen LogP contribution in [0.3, 0.4) is 0 Å². The van der Waals surface area contributed by atoms with E-state index in [4.69, 9.17) is 14.7 Å². The minimum absolute atomic E-state index is 0.194. The lowest BCUT2D eigenvalue weighted by Gasteiger charge is -2.39. The van der Waals surface area contributed by atoms with Crippen molar-refractivity contribution in [2.45, 2.75) is 24.7 Å². The van der Waals surface area contributed by atoms with E-state index in [1.807, 2.05) is 6.07 Å². The average molecular weight is 785 g/mol. The fraction of sp³-hybridized carbons (Fsp3) is 0.0714. The highest BCUT2D eigenvalue weighted by Gasteiger charge is 2.51. The van der Waals surface area contributed by atoms with E-state index in [1.165, 1.54) is 76.8 Å². The van der Waals surface area contributed by atoms with Crippen LogP contribution in [-0.4, -0.2) is 9.97 Å². The molecule has 3 nitrogen and oxygen atoms in total. The van der Waals surface area contributed by atoms with E-state index in [9.17, 15) is 0 Å². The first-order chi connectivity index (χ1) is 29.5. The summed E-state index contributed by atoms with van der Waals surface area (Å²) >= 11 is 1.79. The van der Waals surface area contributed by atoms with Crippen LogP contribution in [0.25, 0.3) is 76.3 Å². The molecule has 8 aromatic carbocycles. The molecule has 0 radical (unpaired) electrons. The van der Waals surface area contributed by atoms with Crippen molar-refractivity contribution in [3.05, 3.63) is 215 Å². The SMILES string of the molecule is CC1(C)c2ccc(-c3ccc4c(c3)-c3ccccc3C43c4ccccc4Oc4ccccc43)cc2-c2c(-c3nc(-c4ccccc4)nc4c3sc3ccccc34)cccc21. The zero-order chi connectivity index (χ0) is 39.7. The topological polar surface area (TPSA) is 35.0 Å². The molecule has 0 saturated carbocycles. The number of rotatable bonds is 3. The molecule has 0 saturated heterocycles. The van der Waals surface area contributed by atoms with E-state index >= 15 is 0 Å². The highest BCUT2D eigenvalue weighted by Crippen LogP contribution is 2.62. The Balaban J connectivity index is 1.02. The molecule has 2 aromatic heterocycles. The molecule has 0 fully saturated rings. The molecule has 2 aliphatic carbocycles. The van der Waals surface area contributed by atoms with Crippen LogP contribution in [0, 0.1) is 0 Å². The van der Waals surface area contributed by atoms with Gasteiger partial charge in [-0.15, -0.1) is 11.3 Å². The zero-order valence-electron chi connectivity index (χ0n) is 33.0. The van der Waals surface area contributed by atoms with Gasteiger partial charge in [0.1, 0.15) is 11.5 Å². The Kier molecular flexibility index (Phi) is 6.87. The van der Waals surface area contributed by atoms with Crippen molar-refractivity contribution in [3.63, 3.8) is 0 Å². The van der Waals surface area contributed by atoms with Crippen molar-refractivity contribution in [2.75, 3.05) is 0 Å². The van der Waals surface area contributed by atoms with Crippen LogP contribution in [0.5, 0.6) is 11.5 Å². The first-order valence-corrected chi connectivity index (χ1v) is 21.5. The van der Waals surface area contributed by atoms with Crippen LogP contribution >= 0.6 is 11.3 Å². The van der Waals surface area contributed by atoms with Gasteiger partial charge in [0, 0.05) is 37.8 Å². The lowest BCUT2D eigenvalue weighted by Crippen LogP contribution is -2.32. The summed E-state index contributed by atoms with van der Waals surface area (Å²) in [4.78, 5) is 10.7. The second kappa shape index (κ2) is 12.2. The normalized spacial score (nSPS) is 14.6. The lowest BCUT2D eigenvalue weighted by atomic mass is 9.66. The minimum Gasteiger partial charge on any atom is -0.457 e. The van der Waals surface area contributed by atoms with Crippen LogP contribution in [0.4, 0.5) is 0 Å². The van der Waals surface area contributed by atoms with Crippen molar-refractivity contribution in [2.24, 2.45) is 0 Å². The number of ether oxygens (including phenoxy) is 1. The maximum absolute atomic E-state index is 6.58. The van der Waals surface area contributed by atoms with Crippen molar-refractivity contribution in [3.8, 4) is 67.5 Å². The number of benzene rings is 8. The van der Waals surface area contributed by atoms with Gasteiger partial charge in [0.2, 0.25) is 0 Å². The van der Waals surface area contributed by atoms with Gasteiger partial charge in [0.15, 0.2) is 5.82 Å². The van der Waals surface area contributed by atoms with Gasteiger partial charge in [-0.25, -0.2) is 9.97 Å². The number of fused-ring (bicyclic) bond motifs is 15. The van der Waals surface area contributed by atoms with Gasteiger partial charge >= 0.3 is 0 Å². The number of para-hydroxylation sites is 2. The van der Waals surface area contributed by atoms with E-state index in [1.54, 1.807) is 11.3 Å². The highest BCUT2D eigenvalue weighted by molar-refractivity contribution is 7.26. The fourth-order valence-electron chi connectivity index (χ4n) is 10.7. The minimum atomic E-state index is -0.486. The molecule has 0 unspecified atom stereocenters. The van der Waals surface area contributed by atoms with Crippen molar-refractivity contribution in [1.82, 2.24) is 9.97 Å². The summed E-state index contributed by atoms with van der Waals surface area (Å²) < 4.78 is 8.92. The second-order valence-electron chi connectivity index (χ2n) is 16.8. The van der Waals surface area contributed by atoms with Crippen molar-refractivity contribution in [1.29, 1.82) is 0 Å². The third kappa shape index (κ3) is 4.43. The molecule has 4 heteroatoms. The monoisotopic (exact) mass is 784 g/mol. The third-order valence-electron chi connectivity index (χ3n) is 13.4. The Hall–Kier alpha value is -7.14. The first-order valence-electron chi connectivity index (χ1n) is 20.7. The summed E-state index contributed by atoms with van der Waals surface area (Å²) in [7, 11) is 0. The van der Waals surface area contributed by atoms with E-state index in [0.29, 0.717) is 0 Å². The molecular formula is C56H36N2OS. The smallest absolute Gasteiger partial charge is 0.160 e. The molecule has 0 amide bonds. The predicted octanol–water partition coefficient (Wildman–Crippen LogP) is 14.6. The number of hydrogen-bond acceptors (Lipinski definition) is 4. The molecular weight excluding hydrogens is 749 g/mol. The van der Waals surface area contributed by atoms with Crippen molar-refractivity contribution < 1.29 is 4.74 Å². The summed E-state index contributed by atoms with van der Waals surface area (Å²) in [6, 6.07) is 66.1. The molecule has 1 aliphatic heterocycles. The van der Waals surface area contributed by atoms with Gasteiger partial charge in [-0.05, 0) is 86.0 Å². The standard InChI is InChI=1S/C56H36N2OS/c1-55(2)41-29-27-35(34-28-30-43-39(31-34)36-17-6-8-20-42(36)56(43)44-21-9-11-24-47(44)59-48-25-12-10-22-45(48)56)32-40(41)50-38(19-14-23-46(50)55)52-53-51(37-18-7-13-26-49(37)60-53)57-54(58-52)33-15-4-3-5-16-33/h3-32H,1-2H3. The Morgan fingerprint density at radius 2 is 1.05 bits per heavy atom. The average Bonchev–Trinajstić information content (AvgIpc) is 3.90. The Bertz CT molecular complexity index is 3410. The molecule has 0 atom stereocenters. The van der Waals surface area contributed by atoms with Crippen LogP contribution in [0.15, 0.2) is 182 Å². The summed E-state index contributed by atoms with van der Waals surface area (Å²) in [6.07, 6.45) is 0. The molecule has 282 valence electrons. The highest BCUT2D eigenvalue weighted by atomic mass is 32.1. The molecule has 3 heterocycles. The molecule has 13 rings (SSSR count). The third-order valence-corrected chi connectivity index (χ3v) is 14.6. The molecule has 10 aromatic rings. The first kappa shape index (κ1) is 33.8. The quantitative estimate of drug-likeness (QED) is 0.179. The Morgan fingerprint density at radius 3 is 1.83 bits per heavy atom. The molecule has 0 N–H and O–H groups in total. The maximum Gasteiger partial charge on any atom is 0.160 e. The second-order valence-corrected chi connectivity index (χ2v) is 17.9. The van der Waals surface area contributed by atoms with Gasteiger partial charge in [-0.1, -0.05) is 166 Å². The number of thiophene rings is 1. The summed E-state index contributed by atoms with van der Waals surface area (Å²) in [5, 5.41) is 1.17. The number of hydrogen-bond donors (Lipinski definition) is 0. The summed E-state index contributed by atoms with van der Waals surface area (Å²) in [5.41, 5.74) is 18.5. The Morgan fingerprint density at radius 1 is 0.450 bits per heavy atom. The lowest BCUT2D eigenvalue weighted by molar-refractivity contribution is 0.436. The maximum atomic E-state index is 6.58. The van der Waals surface area contributed by atoms with Crippen LogP contribution in [0.2, 0.25) is 0 Å². The molecule has 1 spiro atoms. The van der Waals surface area contributed by atoms with Gasteiger partial charge in [0.25, 0.3) is 0 Å². The van der Waals surface area contributed by atoms with E-state index in [-0.39, 0.29) is 5.41 Å². The largest absolute Gasteiger partial charge is 0.457 e. The van der Waals surface area contributed by atoms with Crippen LogP contribution in [0.1, 0.15) is 47.2 Å². The van der Waals surface area contributed by atoms with Crippen LogP contribution < -0.4 is 4.74 Å². The van der Waals surface area contributed by atoms with Gasteiger partial charge in [-0.2, -0.15) is 0 Å². The van der Waals surface area contributed by atoms with E-state index < -0.39 is 5.41 Å². The fourth-order valence-corrected chi connectivity index (χ4v) is 11.9. The van der Waals surface area contributed by atoms with Crippen molar-refractivity contribution >= 4 is 31.6 Å². The van der Waals surface area contributed by atoms with E-state index in [0.717, 1.165) is 44.4 Å². The Labute approximate surface area is 352 Å². The van der Waals surface area contributed by atoms with Gasteiger partial charge in [0.05, 0.1) is 21.3 Å². The molecule has 0 bridgehead atoms. The molecule has 60 heavy (non-hydrogen) atoms. The van der Waals surface area contributed by atoms with Crippen LogP contribution in [-0.2, 0) is 10.8 Å². The molecule has 3 aliphatic rings. The van der Waals surface area contributed by atoms with E-state index in [2.05, 4.69) is 190 Å². The number of nitrogens with zero attached hydrogens (tertiary/aromatic N) is 2. The number of aromatic nitrogens is 2.